The molecule has 1 aliphatic carbocycles. The molecule has 178 valence electrons. The van der Waals surface area contributed by atoms with Crippen LogP contribution in [0.1, 0.15) is 48.8 Å². The van der Waals surface area contributed by atoms with Gasteiger partial charge < -0.3 is 24.3 Å². The number of pyridine rings is 1. The van der Waals surface area contributed by atoms with Crippen LogP contribution in [0.25, 0.3) is 10.9 Å². The highest BCUT2D eigenvalue weighted by Gasteiger charge is 2.48. The van der Waals surface area contributed by atoms with Crippen LogP contribution in [0.3, 0.4) is 0 Å². The van der Waals surface area contributed by atoms with Crippen LogP contribution in [-0.2, 0) is 17.9 Å². The van der Waals surface area contributed by atoms with Gasteiger partial charge in [-0.3, -0.25) is 14.6 Å². The van der Waals surface area contributed by atoms with Crippen molar-refractivity contribution < 1.29 is 19.1 Å². The van der Waals surface area contributed by atoms with Crippen molar-refractivity contribution in [2.45, 2.75) is 57.3 Å². The van der Waals surface area contributed by atoms with Crippen LogP contribution in [0, 0.1) is 0 Å². The van der Waals surface area contributed by atoms with E-state index in [9.17, 15) is 9.59 Å². The van der Waals surface area contributed by atoms with Crippen LogP contribution in [0.2, 0.25) is 0 Å². The molecule has 0 bridgehead atoms. The molecule has 5 rings (SSSR count). The van der Waals surface area contributed by atoms with Gasteiger partial charge in [0.05, 0.1) is 38.5 Å². The molecule has 2 aliphatic rings. The molecule has 2 amide bonds. The van der Waals surface area contributed by atoms with Crippen LogP contribution in [0.15, 0.2) is 42.6 Å². The van der Waals surface area contributed by atoms with Crippen molar-refractivity contribution in [3.8, 4) is 11.5 Å². The third-order valence-electron chi connectivity index (χ3n) is 7.17. The Morgan fingerprint density at radius 2 is 1.88 bits per heavy atom. The van der Waals surface area contributed by atoms with E-state index in [2.05, 4.69) is 10.3 Å². The highest BCUT2D eigenvalue weighted by Crippen LogP contribution is 2.40. The van der Waals surface area contributed by atoms with Gasteiger partial charge in [0.15, 0.2) is 0 Å². The average molecular weight is 463 g/mol. The second-order valence-electron chi connectivity index (χ2n) is 9.29. The molecule has 1 fully saturated rings. The molecule has 0 spiro atoms. The van der Waals surface area contributed by atoms with E-state index in [1.807, 2.05) is 47.9 Å². The summed E-state index contributed by atoms with van der Waals surface area (Å²) in [5, 5.41) is 4.01. The summed E-state index contributed by atoms with van der Waals surface area (Å²) in [5.74, 6) is 0.921. The minimum absolute atomic E-state index is 0.141. The number of carbonyl (C=O) groups excluding carboxylic acids is 2. The molecule has 0 saturated heterocycles. The average Bonchev–Trinajstić information content (AvgIpc) is 3.50. The first-order valence-corrected chi connectivity index (χ1v) is 11.7. The Morgan fingerprint density at radius 1 is 1.15 bits per heavy atom. The number of benzene rings is 1. The van der Waals surface area contributed by atoms with Gasteiger partial charge in [0, 0.05) is 17.6 Å². The number of ether oxygens (including phenoxy) is 2. The second-order valence-corrected chi connectivity index (χ2v) is 9.29. The van der Waals surface area contributed by atoms with Gasteiger partial charge in [-0.25, -0.2) is 0 Å². The first kappa shape index (κ1) is 22.3. The molecule has 8 heteroatoms. The third kappa shape index (κ3) is 3.57. The normalized spacial score (nSPS) is 20.4. The van der Waals surface area contributed by atoms with Gasteiger partial charge in [0.2, 0.25) is 5.91 Å². The Labute approximate surface area is 198 Å². The lowest BCUT2D eigenvalue weighted by molar-refractivity contribution is -0.133. The number of amides is 2. The van der Waals surface area contributed by atoms with E-state index in [4.69, 9.17) is 9.47 Å². The van der Waals surface area contributed by atoms with Gasteiger partial charge in [0.25, 0.3) is 5.91 Å². The summed E-state index contributed by atoms with van der Waals surface area (Å²) in [4.78, 5) is 33.8. The third-order valence-corrected chi connectivity index (χ3v) is 7.17. The molecule has 0 radical (unpaired) electrons. The van der Waals surface area contributed by atoms with E-state index >= 15 is 0 Å². The smallest absolute Gasteiger partial charge is 0.271 e. The van der Waals surface area contributed by atoms with E-state index in [1.165, 1.54) is 0 Å². The van der Waals surface area contributed by atoms with Crippen molar-refractivity contribution in [1.29, 1.82) is 0 Å². The molecule has 8 nitrogen and oxygen atoms in total. The molecule has 1 aromatic carbocycles. The molecule has 1 saturated carbocycles. The molecule has 34 heavy (non-hydrogen) atoms. The number of hydrogen-bond acceptors (Lipinski definition) is 5. The lowest BCUT2D eigenvalue weighted by Gasteiger charge is -2.44. The van der Waals surface area contributed by atoms with Gasteiger partial charge >= 0.3 is 0 Å². The van der Waals surface area contributed by atoms with E-state index < -0.39 is 5.54 Å². The standard InChI is InChI=1S/C26H30N4O4/c1-26(25(32)28-17-8-4-5-9-17)16-29-20(24(31)30(26)15-18-10-6-7-13-27-18)14-19-21(33-2)11-12-22(34-3)23(19)29/h6-7,10-14,17H,4-5,8-9,15-16H2,1-3H3,(H,28,32)/t26-/m1/s1. The fourth-order valence-corrected chi connectivity index (χ4v) is 5.27. The van der Waals surface area contributed by atoms with E-state index in [0.717, 1.165) is 42.3 Å². The number of nitrogens with one attached hydrogen (secondary N) is 1. The lowest BCUT2D eigenvalue weighted by atomic mass is 9.93. The number of carbonyl (C=O) groups is 2. The topological polar surface area (TPSA) is 85.7 Å². The highest BCUT2D eigenvalue weighted by atomic mass is 16.5. The molecule has 0 unspecified atom stereocenters. The summed E-state index contributed by atoms with van der Waals surface area (Å²) in [5.41, 5.74) is 0.877. The van der Waals surface area contributed by atoms with Crippen molar-refractivity contribution >= 4 is 22.7 Å². The molecule has 1 aliphatic heterocycles. The van der Waals surface area contributed by atoms with E-state index in [1.54, 1.807) is 25.3 Å². The quantitative estimate of drug-likeness (QED) is 0.606. The Bertz CT molecular complexity index is 1230. The zero-order valence-corrected chi connectivity index (χ0v) is 19.8. The summed E-state index contributed by atoms with van der Waals surface area (Å²) in [7, 11) is 3.21. The number of methoxy groups -OCH3 is 2. The maximum Gasteiger partial charge on any atom is 0.271 e. The van der Waals surface area contributed by atoms with Gasteiger partial charge in [0.1, 0.15) is 22.7 Å². The van der Waals surface area contributed by atoms with Crippen molar-refractivity contribution in [3.63, 3.8) is 0 Å². The van der Waals surface area contributed by atoms with Gasteiger partial charge in [-0.05, 0) is 50.1 Å². The molecule has 3 heterocycles. The number of hydrogen-bond donors (Lipinski definition) is 1. The number of aromatic nitrogens is 2. The van der Waals surface area contributed by atoms with Crippen molar-refractivity contribution in [1.82, 2.24) is 19.8 Å². The van der Waals surface area contributed by atoms with Crippen molar-refractivity contribution in [2.75, 3.05) is 14.2 Å². The summed E-state index contributed by atoms with van der Waals surface area (Å²) >= 11 is 0. The van der Waals surface area contributed by atoms with Crippen molar-refractivity contribution in [3.05, 3.63) is 54.0 Å². The Morgan fingerprint density at radius 3 is 2.56 bits per heavy atom. The second kappa shape index (κ2) is 8.66. The van der Waals surface area contributed by atoms with Crippen LogP contribution < -0.4 is 14.8 Å². The minimum Gasteiger partial charge on any atom is -0.496 e. The lowest BCUT2D eigenvalue weighted by Crippen LogP contribution is -2.64. The largest absolute Gasteiger partial charge is 0.496 e. The molecule has 1 N–H and O–H groups in total. The maximum atomic E-state index is 14.0. The highest BCUT2D eigenvalue weighted by molar-refractivity contribution is 6.05. The zero-order chi connectivity index (χ0) is 23.9. The summed E-state index contributed by atoms with van der Waals surface area (Å²) in [6.07, 6.45) is 5.87. The fourth-order valence-electron chi connectivity index (χ4n) is 5.27. The van der Waals surface area contributed by atoms with Gasteiger partial charge in [-0.1, -0.05) is 18.9 Å². The predicted octanol–water partition coefficient (Wildman–Crippen LogP) is 3.53. The Hall–Kier alpha value is -3.55. The number of nitrogens with zero attached hydrogens (tertiary/aromatic N) is 3. The minimum atomic E-state index is -1.11. The van der Waals surface area contributed by atoms with E-state index in [0.29, 0.717) is 23.7 Å². The first-order valence-electron chi connectivity index (χ1n) is 11.7. The summed E-state index contributed by atoms with van der Waals surface area (Å²) in [6, 6.07) is 11.2. The van der Waals surface area contributed by atoms with E-state index in [-0.39, 0.29) is 24.4 Å². The molecular formula is C26H30N4O4. The van der Waals surface area contributed by atoms with Gasteiger partial charge in [-0.15, -0.1) is 0 Å². The zero-order valence-electron chi connectivity index (χ0n) is 19.8. The van der Waals surface area contributed by atoms with Gasteiger partial charge in [-0.2, -0.15) is 0 Å². The number of fused-ring (bicyclic) bond motifs is 3. The number of rotatable bonds is 6. The molecule has 2 aromatic heterocycles. The Balaban J connectivity index is 1.64. The molecule has 3 aromatic rings. The van der Waals surface area contributed by atoms with Crippen molar-refractivity contribution in [2.24, 2.45) is 0 Å². The van der Waals surface area contributed by atoms with Crippen LogP contribution in [0.4, 0.5) is 0 Å². The van der Waals surface area contributed by atoms with Crippen LogP contribution >= 0.6 is 0 Å². The van der Waals surface area contributed by atoms with Crippen LogP contribution in [0.5, 0.6) is 11.5 Å². The SMILES string of the molecule is COc1ccc(OC)c2c1cc1n2C[C@](C)(C(=O)NC2CCCC2)N(Cc2ccccn2)C1=O. The first-order chi connectivity index (χ1) is 16.5. The summed E-state index contributed by atoms with van der Waals surface area (Å²) < 4.78 is 13.1. The predicted molar refractivity (Wildman–Crippen MR) is 128 cm³/mol. The molecule has 1 atom stereocenters. The molecular weight excluding hydrogens is 432 g/mol. The Kier molecular flexibility index (Phi) is 5.67. The summed E-state index contributed by atoms with van der Waals surface area (Å²) in [6.45, 7) is 2.39. The van der Waals surface area contributed by atoms with Crippen LogP contribution in [-0.4, -0.2) is 52.1 Å². The maximum absolute atomic E-state index is 14.0. The monoisotopic (exact) mass is 462 g/mol. The fraction of sp³-hybridized carbons (Fsp3) is 0.423.